The van der Waals surface area contributed by atoms with E-state index in [0.717, 1.165) is 16.7 Å². The Kier molecular flexibility index (Phi) is 5.69. The summed E-state index contributed by atoms with van der Waals surface area (Å²) in [5.41, 5.74) is 3.40. The molecule has 2 nitrogen and oxygen atoms in total. The van der Waals surface area contributed by atoms with E-state index in [2.05, 4.69) is 5.32 Å². The van der Waals surface area contributed by atoms with Crippen LogP contribution in [0.1, 0.15) is 28.3 Å². The summed E-state index contributed by atoms with van der Waals surface area (Å²) in [6.45, 7) is 2.01. The van der Waals surface area contributed by atoms with Gasteiger partial charge in [-0.1, -0.05) is 77.8 Å². The zero-order valence-electron chi connectivity index (χ0n) is 14.4. The summed E-state index contributed by atoms with van der Waals surface area (Å²) >= 11 is 5.77. The van der Waals surface area contributed by atoms with E-state index >= 15 is 0 Å². The van der Waals surface area contributed by atoms with Gasteiger partial charge in [0, 0.05) is 5.02 Å². The average Bonchev–Trinajstić information content (AvgIpc) is 2.63. The van der Waals surface area contributed by atoms with Gasteiger partial charge in [-0.25, -0.2) is 4.39 Å². The van der Waals surface area contributed by atoms with Crippen LogP contribution in [0.5, 0.6) is 0 Å². The number of nitrogens with one attached hydrogen (secondary N) is 1. The summed E-state index contributed by atoms with van der Waals surface area (Å²) in [5.74, 6) is -0.721. The van der Waals surface area contributed by atoms with Gasteiger partial charge in [0.2, 0.25) is 5.91 Å². The molecule has 26 heavy (non-hydrogen) atoms. The highest BCUT2D eigenvalue weighted by molar-refractivity contribution is 6.30. The maximum absolute atomic E-state index is 14.0. The summed E-state index contributed by atoms with van der Waals surface area (Å²) < 4.78 is 14.0. The number of hydrogen-bond donors (Lipinski definition) is 1. The Hall–Kier alpha value is -2.65. The summed E-state index contributed by atoms with van der Waals surface area (Å²) in [6.07, 6.45) is -0.0435. The van der Waals surface area contributed by atoms with Gasteiger partial charge in [0.15, 0.2) is 0 Å². The normalized spacial score (nSPS) is 11.8. The summed E-state index contributed by atoms with van der Waals surface area (Å²) in [6, 6.07) is 21.8. The predicted octanol–water partition coefficient (Wildman–Crippen LogP) is 5.24. The van der Waals surface area contributed by atoms with E-state index in [0.29, 0.717) is 10.6 Å². The monoisotopic (exact) mass is 367 g/mol. The fourth-order valence-corrected chi connectivity index (χ4v) is 3.06. The van der Waals surface area contributed by atoms with Crippen LogP contribution in [-0.2, 0) is 11.2 Å². The van der Waals surface area contributed by atoms with Gasteiger partial charge < -0.3 is 5.32 Å². The molecule has 0 fully saturated rings. The minimum Gasteiger partial charge on any atom is -0.345 e. The van der Waals surface area contributed by atoms with Crippen molar-refractivity contribution in [3.63, 3.8) is 0 Å². The molecule has 0 bridgehead atoms. The summed E-state index contributed by atoms with van der Waals surface area (Å²) in [5, 5.41) is 3.34. The van der Waals surface area contributed by atoms with Crippen LogP contribution < -0.4 is 5.32 Å². The van der Waals surface area contributed by atoms with Crippen molar-refractivity contribution in [1.82, 2.24) is 5.32 Å². The first-order valence-corrected chi connectivity index (χ1v) is 8.75. The number of aryl methyl sites for hydroxylation is 1. The molecule has 1 unspecified atom stereocenters. The van der Waals surface area contributed by atoms with E-state index in [1.807, 2.05) is 61.5 Å². The Morgan fingerprint density at radius 2 is 1.73 bits per heavy atom. The number of halogens is 2. The predicted molar refractivity (Wildman–Crippen MR) is 103 cm³/mol. The van der Waals surface area contributed by atoms with Crippen molar-refractivity contribution in [3.8, 4) is 0 Å². The molecule has 3 aromatic rings. The van der Waals surface area contributed by atoms with E-state index in [4.69, 9.17) is 11.6 Å². The SMILES string of the molecule is Cc1cccc(C(NC(=O)Cc2ccc(Cl)cc2F)c2ccccc2)c1. The second-order valence-corrected chi connectivity index (χ2v) is 6.67. The van der Waals surface area contributed by atoms with Gasteiger partial charge in [0.1, 0.15) is 5.82 Å². The van der Waals surface area contributed by atoms with Gasteiger partial charge in [-0.15, -0.1) is 0 Å². The summed E-state index contributed by atoms with van der Waals surface area (Å²) in [7, 11) is 0. The first-order chi connectivity index (χ1) is 12.5. The molecule has 1 N–H and O–H groups in total. The first-order valence-electron chi connectivity index (χ1n) is 8.38. The third kappa shape index (κ3) is 4.50. The van der Waals surface area contributed by atoms with Crippen LogP contribution in [0, 0.1) is 12.7 Å². The zero-order chi connectivity index (χ0) is 18.5. The Bertz CT molecular complexity index is 911. The molecule has 0 aliphatic rings. The van der Waals surface area contributed by atoms with Crippen LogP contribution in [0.2, 0.25) is 5.02 Å². The van der Waals surface area contributed by atoms with Crippen molar-refractivity contribution in [3.05, 3.63) is 106 Å². The largest absolute Gasteiger partial charge is 0.345 e. The van der Waals surface area contributed by atoms with Gasteiger partial charge in [-0.2, -0.15) is 0 Å². The lowest BCUT2D eigenvalue weighted by Gasteiger charge is -2.20. The average molecular weight is 368 g/mol. The standard InChI is InChI=1S/C22H19ClFNO/c1-15-6-5-9-18(12-15)22(16-7-3-2-4-8-16)25-21(26)13-17-10-11-19(23)14-20(17)24/h2-12,14,22H,13H2,1H3,(H,25,26). The van der Waals surface area contributed by atoms with Crippen molar-refractivity contribution in [2.75, 3.05) is 0 Å². The van der Waals surface area contributed by atoms with Gasteiger partial charge in [0.25, 0.3) is 0 Å². The quantitative estimate of drug-likeness (QED) is 0.656. The lowest BCUT2D eigenvalue weighted by atomic mass is 9.97. The highest BCUT2D eigenvalue weighted by atomic mass is 35.5. The smallest absolute Gasteiger partial charge is 0.225 e. The molecule has 0 saturated heterocycles. The van der Waals surface area contributed by atoms with E-state index in [1.165, 1.54) is 6.07 Å². The first kappa shape index (κ1) is 18.2. The van der Waals surface area contributed by atoms with Crippen LogP contribution in [0.4, 0.5) is 4.39 Å². The number of carbonyl (C=O) groups is 1. The fourth-order valence-electron chi connectivity index (χ4n) is 2.90. The summed E-state index contributed by atoms with van der Waals surface area (Å²) in [4.78, 5) is 12.6. The molecule has 3 rings (SSSR count). The van der Waals surface area contributed by atoms with E-state index in [9.17, 15) is 9.18 Å². The molecule has 1 amide bonds. The van der Waals surface area contributed by atoms with Crippen LogP contribution in [0.25, 0.3) is 0 Å². The molecular formula is C22H19ClFNO. The molecule has 0 radical (unpaired) electrons. The van der Waals surface area contributed by atoms with Crippen molar-refractivity contribution in [2.24, 2.45) is 0 Å². The minimum atomic E-state index is -0.473. The highest BCUT2D eigenvalue weighted by Crippen LogP contribution is 2.23. The van der Waals surface area contributed by atoms with E-state index in [-0.39, 0.29) is 18.4 Å². The fraction of sp³-hybridized carbons (Fsp3) is 0.136. The highest BCUT2D eigenvalue weighted by Gasteiger charge is 2.18. The molecule has 0 aliphatic heterocycles. The molecule has 4 heteroatoms. The van der Waals surface area contributed by atoms with Crippen LogP contribution in [-0.4, -0.2) is 5.91 Å². The molecule has 0 saturated carbocycles. The van der Waals surface area contributed by atoms with Crippen molar-refractivity contribution < 1.29 is 9.18 Å². The maximum Gasteiger partial charge on any atom is 0.225 e. The number of rotatable bonds is 5. The van der Waals surface area contributed by atoms with Gasteiger partial charge in [0.05, 0.1) is 12.5 Å². The third-order valence-electron chi connectivity index (χ3n) is 4.18. The Balaban J connectivity index is 1.85. The molecule has 0 aromatic heterocycles. The molecule has 0 heterocycles. The van der Waals surface area contributed by atoms with Crippen molar-refractivity contribution >= 4 is 17.5 Å². The number of benzene rings is 3. The van der Waals surface area contributed by atoms with Crippen molar-refractivity contribution in [2.45, 2.75) is 19.4 Å². The molecule has 0 spiro atoms. The molecule has 132 valence electrons. The van der Waals surface area contributed by atoms with Crippen LogP contribution in [0.3, 0.4) is 0 Å². The zero-order valence-corrected chi connectivity index (χ0v) is 15.1. The second-order valence-electron chi connectivity index (χ2n) is 6.24. The molecule has 0 aliphatic carbocycles. The van der Waals surface area contributed by atoms with Crippen LogP contribution >= 0.6 is 11.6 Å². The number of carbonyl (C=O) groups excluding carboxylic acids is 1. The van der Waals surface area contributed by atoms with Gasteiger partial charge in [-0.3, -0.25) is 4.79 Å². The third-order valence-corrected chi connectivity index (χ3v) is 4.41. The number of amides is 1. The molecule has 3 aromatic carbocycles. The van der Waals surface area contributed by atoms with E-state index in [1.54, 1.807) is 12.1 Å². The Morgan fingerprint density at radius 3 is 2.42 bits per heavy atom. The Morgan fingerprint density at radius 1 is 1.00 bits per heavy atom. The lowest BCUT2D eigenvalue weighted by Crippen LogP contribution is -2.30. The maximum atomic E-state index is 14.0. The molecular weight excluding hydrogens is 349 g/mol. The van der Waals surface area contributed by atoms with Crippen LogP contribution in [0.15, 0.2) is 72.8 Å². The second kappa shape index (κ2) is 8.15. The Labute approximate surface area is 157 Å². The van der Waals surface area contributed by atoms with Gasteiger partial charge in [-0.05, 0) is 35.7 Å². The number of hydrogen-bond acceptors (Lipinski definition) is 1. The minimum absolute atomic E-state index is 0.0435. The van der Waals surface area contributed by atoms with Gasteiger partial charge >= 0.3 is 0 Å². The van der Waals surface area contributed by atoms with Crippen molar-refractivity contribution in [1.29, 1.82) is 0 Å². The lowest BCUT2D eigenvalue weighted by molar-refractivity contribution is -0.121. The van der Waals surface area contributed by atoms with E-state index < -0.39 is 5.82 Å². The topological polar surface area (TPSA) is 29.1 Å². The molecule has 1 atom stereocenters.